The van der Waals surface area contributed by atoms with Gasteiger partial charge in [-0.3, -0.25) is 0 Å². The fourth-order valence-corrected chi connectivity index (χ4v) is 2.60. The van der Waals surface area contributed by atoms with Crippen LogP contribution < -0.4 is 5.73 Å². The van der Waals surface area contributed by atoms with Crippen molar-refractivity contribution >= 4 is 28.3 Å². The van der Waals surface area contributed by atoms with Crippen molar-refractivity contribution in [3.8, 4) is 0 Å². The number of hydrogen-bond acceptors (Lipinski definition) is 4. The van der Waals surface area contributed by atoms with Crippen LogP contribution in [0.3, 0.4) is 0 Å². The van der Waals surface area contributed by atoms with Crippen molar-refractivity contribution in [3.63, 3.8) is 0 Å². The third-order valence-electron chi connectivity index (χ3n) is 2.83. The summed E-state index contributed by atoms with van der Waals surface area (Å²) < 4.78 is 28.4. The molecule has 0 saturated heterocycles. The van der Waals surface area contributed by atoms with Gasteiger partial charge in [-0.25, -0.2) is 18.7 Å². The van der Waals surface area contributed by atoms with Gasteiger partial charge in [-0.15, -0.1) is 11.3 Å². The minimum Gasteiger partial charge on any atom is -0.369 e. The first-order valence-corrected chi connectivity index (χ1v) is 6.52. The third kappa shape index (κ3) is 2.17. The number of halogens is 2. The Morgan fingerprint density at radius 1 is 1.32 bits per heavy atom. The normalized spacial score (nSPS) is 11.3. The lowest BCUT2D eigenvalue weighted by atomic mass is 10.3. The number of hydrogen-bond donors (Lipinski definition) is 1. The summed E-state index contributed by atoms with van der Waals surface area (Å²) in [4.78, 5) is 8.09. The zero-order valence-corrected chi connectivity index (χ0v) is 10.6. The Hall–Kier alpha value is -2.02. The Kier molecular flexibility index (Phi) is 2.90. The fraction of sp³-hybridized carbons (Fsp3) is 0.167. The summed E-state index contributed by atoms with van der Waals surface area (Å²) >= 11 is 1.53. The van der Waals surface area contributed by atoms with Gasteiger partial charge < -0.3 is 10.3 Å². The average Bonchev–Trinajstić information content (AvgIpc) is 2.95. The molecule has 98 valence electrons. The number of nitrogen functional groups attached to an aromatic ring is 1. The lowest BCUT2D eigenvalue weighted by molar-refractivity contribution is 0.589. The second-order valence-corrected chi connectivity index (χ2v) is 5.03. The van der Waals surface area contributed by atoms with E-state index in [0.717, 1.165) is 11.1 Å². The number of nitrogens with two attached hydrogens (primary N) is 1. The molecule has 3 aromatic rings. The Balaban J connectivity index is 2.00. The number of rotatable bonds is 3. The molecule has 0 atom stereocenters. The van der Waals surface area contributed by atoms with Crippen LogP contribution >= 0.6 is 11.3 Å². The van der Waals surface area contributed by atoms with Crippen molar-refractivity contribution in [2.45, 2.75) is 13.0 Å². The molecule has 0 unspecified atom stereocenters. The van der Waals surface area contributed by atoms with E-state index in [1.165, 1.54) is 17.4 Å². The summed E-state index contributed by atoms with van der Waals surface area (Å²) in [6.07, 6.45) is 2.36. The lowest BCUT2D eigenvalue weighted by Crippen LogP contribution is -2.05. The molecule has 0 aliphatic carbocycles. The van der Waals surface area contributed by atoms with Crippen LogP contribution in [0.2, 0.25) is 0 Å². The van der Waals surface area contributed by atoms with Gasteiger partial charge >= 0.3 is 0 Å². The molecule has 7 heteroatoms. The molecule has 0 spiro atoms. The monoisotopic (exact) mass is 280 g/mol. The van der Waals surface area contributed by atoms with E-state index in [9.17, 15) is 8.78 Å². The highest BCUT2D eigenvalue weighted by atomic mass is 32.1. The molecule has 19 heavy (non-hydrogen) atoms. The molecule has 2 aromatic heterocycles. The molecule has 0 bridgehead atoms. The Morgan fingerprint density at radius 3 is 2.89 bits per heavy atom. The van der Waals surface area contributed by atoms with Gasteiger partial charge in [-0.1, -0.05) is 0 Å². The third-order valence-corrected chi connectivity index (χ3v) is 3.67. The van der Waals surface area contributed by atoms with E-state index in [0.29, 0.717) is 18.5 Å². The van der Waals surface area contributed by atoms with E-state index < -0.39 is 11.6 Å². The first kappa shape index (κ1) is 12.0. The van der Waals surface area contributed by atoms with Gasteiger partial charge in [-0.05, 0) is 0 Å². The average molecular weight is 280 g/mol. The smallest absolute Gasteiger partial charge is 0.201 e. The van der Waals surface area contributed by atoms with Crippen molar-refractivity contribution in [1.29, 1.82) is 0 Å². The Bertz CT molecular complexity index is 721. The van der Waals surface area contributed by atoms with Crippen molar-refractivity contribution in [1.82, 2.24) is 14.5 Å². The number of nitrogens with zero attached hydrogens (tertiary/aromatic N) is 3. The van der Waals surface area contributed by atoms with Crippen LogP contribution in [0.25, 0.3) is 11.0 Å². The molecule has 3 rings (SSSR count). The van der Waals surface area contributed by atoms with Gasteiger partial charge in [0.15, 0.2) is 5.82 Å². The first-order valence-electron chi connectivity index (χ1n) is 5.64. The van der Waals surface area contributed by atoms with Crippen LogP contribution in [-0.4, -0.2) is 14.5 Å². The second-order valence-electron chi connectivity index (χ2n) is 4.05. The van der Waals surface area contributed by atoms with Gasteiger partial charge in [0.2, 0.25) is 5.95 Å². The van der Waals surface area contributed by atoms with Crippen LogP contribution in [0.4, 0.5) is 14.7 Å². The van der Waals surface area contributed by atoms with E-state index in [1.54, 1.807) is 10.8 Å². The molecule has 1 aromatic carbocycles. The van der Waals surface area contributed by atoms with Crippen LogP contribution in [0.5, 0.6) is 0 Å². The quantitative estimate of drug-likeness (QED) is 0.802. The van der Waals surface area contributed by atoms with Gasteiger partial charge in [0.1, 0.15) is 11.3 Å². The Morgan fingerprint density at radius 2 is 2.16 bits per heavy atom. The van der Waals surface area contributed by atoms with E-state index >= 15 is 0 Å². The van der Waals surface area contributed by atoms with E-state index in [4.69, 9.17) is 5.73 Å². The minimum absolute atomic E-state index is 0.0954. The summed E-state index contributed by atoms with van der Waals surface area (Å²) in [6.45, 7) is 0.485. The summed E-state index contributed by atoms with van der Waals surface area (Å²) in [5.41, 5.74) is 6.22. The lowest BCUT2D eigenvalue weighted by Gasteiger charge is -2.04. The summed E-state index contributed by atoms with van der Waals surface area (Å²) in [6, 6.07) is 2.05. The number of anilines is 1. The highest BCUT2D eigenvalue weighted by Gasteiger charge is 2.14. The molecule has 2 N–H and O–H groups in total. The van der Waals surface area contributed by atoms with Gasteiger partial charge in [0.25, 0.3) is 0 Å². The van der Waals surface area contributed by atoms with E-state index in [-0.39, 0.29) is 11.5 Å². The number of thiazole rings is 1. The van der Waals surface area contributed by atoms with Crippen LogP contribution in [0.1, 0.15) is 5.01 Å². The number of aryl methyl sites for hydroxylation is 2. The largest absolute Gasteiger partial charge is 0.369 e. The number of benzene rings is 1. The molecule has 0 fully saturated rings. The molecule has 0 aliphatic heterocycles. The molecule has 0 aliphatic rings. The second kappa shape index (κ2) is 4.58. The minimum atomic E-state index is -0.699. The molecule has 2 heterocycles. The van der Waals surface area contributed by atoms with E-state index in [2.05, 4.69) is 9.97 Å². The number of imidazole rings is 1. The van der Waals surface area contributed by atoms with Gasteiger partial charge in [0, 0.05) is 36.7 Å². The molecule has 0 radical (unpaired) electrons. The van der Waals surface area contributed by atoms with Gasteiger partial charge in [0.05, 0.1) is 10.5 Å². The van der Waals surface area contributed by atoms with Crippen LogP contribution in [-0.2, 0) is 13.0 Å². The summed E-state index contributed by atoms with van der Waals surface area (Å²) in [5.74, 6) is -1.16. The van der Waals surface area contributed by atoms with Crippen molar-refractivity contribution in [2.24, 2.45) is 0 Å². The topological polar surface area (TPSA) is 56.7 Å². The molecule has 4 nitrogen and oxygen atoms in total. The standard InChI is InChI=1S/C12H10F2N4S/c13-7-5-8(14)11-9(6-7)18(12(15)17-11)3-1-10-16-2-4-19-10/h2,4-6H,1,3H2,(H2,15,17). The van der Waals surface area contributed by atoms with Crippen LogP contribution in [0.15, 0.2) is 23.7 Å². The molecule has 0 saturated carbocycles. The fourth-order valence-electron chi connectivity index (χ4n) is 1.99. The van der Waals surface area contributed by atoms with E-state index in [1.807, 2.05) is 5.38 Å². The molecule has 0 amide bonds. The van der Waals surface area contributed by atoms with Gasteiger partial charge in [-0.2, -0.15) is 0 Å². The SMILES string of the molecule is Nc1nc2c(F)cc(F)cc2n1CCc1nccs1. The predicted molar refractivity (Wildman–Crippen MR) is 69.9 cm³/mol. The van der Waals surface area contributed by atoms with Crippen LogP contribution in [0, 0.1) is 11.6 Å². The first-order chi connectivity index (χ1) is 9.15. The highest BCUT2D eigenvalue weighted by molar-refractivity contribution is 7.09. The molecular weight excluding hydrogens is 270 g/mol. The Labute approximate surface area is 111 Å². The highest BCUT2D eigenvalue weighted by Crippen LogP contribution is 2.22. The summed E-state index contributed by atoms with van der Waals surface area (Å²) in [7, 11) is 0. The zero-order valence-electron chi connectivity index (χ0n) is 9.81. The predicted octanol–water partition coefficient (Wildman–Crippen LogP) is 2.60. The zero-order chi connectivity index (χ0) is 13.4. The maximum absolute atomic E-state index is 13.6. The maximum atomic E-state index is 13.6. The number of fused-ring (bicyclic) bond motifs is 1. The van der Waals surface area contributed by atoms with Crippen molar-refractivity contribution in [2.75, 3.05) is 5.73 Å². The molecular formula is C12H10F2N4S. The summed E-state index contributed by atoms with van der Waals surface area (Å²) in [5, 5.41) is 2.82. The number of aromatic nitrogens is 3. The van der Waals surface area contributed by atoms with Crippen molar-refractivity contribution < 1.29 is 8.78 Å². The maximum Gasteiger partial charge on any atom is 0.201 e. The van der Waals surface area contributed by atoms with Crippen molar-refractivity contribution in [3.05, 3.63) is 40.4 Å².